The molecule has 0 bridgehead atoms. The fourth-order valence-electron chi connectivity index (χ4n) is 3.01. The van der Waals surface area contributed by atoms with E-state index in [-0.39, 0.29) is 6.61 Å². The number of benzene rings is 3. The number of rotatable bonds is 5. The molecule has 0 aromatic heterocycles. The summed E-state index contributed by atoms with van der Waals surface area (Å²) in [6.07, 6.45) is 0. The Morgan fingerprint density at radius 2 is 1.21 bits per heavy atom. The van der Waals surface area contributed by atoms with E-state index in [0.29, 0.717) is 10.9 Å². The van der Waals surface area contributed by atoms with E-state index in [0.717, 1.165) is 0 Å². The molecule has 146 valence electrons. The molecular weight excluding hydrogens is 367 g/mol. The maximum atomic E-state index is 12.9. The van der Waals surface area contributed by atoms with E-state index in [1.807, 2.05) is 12.1 Å². The summed E-state index contributed by atoms with van der Waals surface area (Å²) in [5, 5.41) is 0.436. The molecule has 1 unspecified atom stereocenters. The van der Waals surface area contributed by atoms with Crippen molar-refractivity contribution in [3.05, 3.63) is 101 Å². The Labute approximate surface area is 167 Å². The summed E-state index contributed by atoms with van der Waals surface area (Å²) in [5.74, 6) is 0. The summed E-state index contributed by atoms with van der Waals surface area (Å²) in [5.41, 5.74) is 4.01. The molecule has 1 atom stereocenters. The fraction of sp³-hybridized carbons (Fsp3) is 0.208. The van der Waals surface area contributed by atoms with Crippen LogP contribution in [0.15, 0.2) is 78.9 Å². The smallest absolute Gasteiger partial charge is 0.300 e. The topological polar surface area (TPSA) is 43.4 Å². The third kappa shape index (κ3) is 5.76. The van der Waals surface area contributed by atoms with Gasteiger partial charge in [0.15, 0.2) is 0 Å². The fourth-order valence-corrected chi connectivity index (χ4v) is 4.93. The lowest BCUT2D eigenvalue weighted by molar-refractivity contribution is 0.105. The summed E-state index contributed by atoms with van der Waals surface area (Å²) >= 11 is 0. The third-order valence-corrected chi connectivity index (χ3v) is 6.45. The molecule has 28 heavy (non-hydrogen) atoms. The van der Waals surface area contributed by atoms with Gasteiger partial charge in [0.05, 0.1) is 6.61 Å². The van der Waals surface area contributed by atoms with Gasteiger partial charge < -0.3 is 4.52 Å². The molecule has 3 aromatic rings. The first-order chi connectivity index (χ1) is 13.4. The second-order valence-corrected chi connectivity index (χ2v) is 8.92. The minimum atomic E-state index is -3.52. The van der Waals surface area contributed by atoms with Crippen molar-refractivity contribution in [2.24, 2.45) is 0 Å². The number of hydrogen-bond donors (Lipinski definition) is 0. The van der Waals surface area contributed by atoms with Crippen LogP contribution in [0.3, 0.4) is 0 Å². The zero-order chi connectivity index (χ0) is 20.6. The number of carbonyl (C=O) groups is 1. The number of carbonyl (C=O) groups excluding carboxylic acids is 1. The highest BCUT2D eigenvalue weighted by Gasteiger charge is 2.35. The van der Waals surface area contributed by atoms with Crippen LogP contribution in [0.25, 0.3) is 0 Å². The Morgan fingerprint density at radius 1 is 0.786 bits per heavy atom. The number of aryl methyl sites for hydroxylation is 3. The summed E-state index contributed by atoms with van der Waals surface area (Å²) in [6.45, 7) is 8.33. The highest BCUT2D eigenvalue weighted by atomic mass is 31.2. The van der Waals surface area contributed by atoms with Gasteiger partial charge in [0, 0.05) is 10.9 Å². The van der Waals surface area contributed by atoms with Crippen molar-refractivity contribution >= 4 is 18.2 Å². The zero-order valence-corrected chi connectivity index (χ0v) is 17.8. The lowest BCUT2D eigenvalue weighted by Gasteiger charge is -2.16. The standard InChI is InChI=1S/C15H15O3P.C9H12/c1-2-18-19(17,14-11-7-4-8-12-14)15(16)13-9-5-3-6-10-13;1-7-4-8(2)6-9(3)5-7/h3-12H,2H2,1H3;4-6H,1-3H3. The van der Waals surface area contributed by atoms with Crippen molar-refractivity contribution in [3.8, 4) is 0 Å². The Morgan fingerprint density at radius 3 is 1.64 bits per heavy atom. The van der Waals surface area contributed by atoms with Gasteiger partial charge in [-0.1, -0.05) is 83.4 Å². The molecular formula is C24H27O3P. The van der Waals surface area contributed by atoms with Crippen molar-refractivity contribution in [3.63, 3.8) is 0 Å². The van der Waals surface area contributed by atoms with Crippen molar-refractivity contribution in [2.45, 2.75) is 27.7 Å². The molecule has 0 saturated heterocycles. The van der Waals surface area contributed by atoms with E-state index >= 15 is 0 Å². The lowest BCUT2D eigenvalue weighted by atomic mass is 10.1. The average Bonchev–Trinajstić information content (AvgIpc) is 2.68. The second kappa shape index (κ2) is 10.2. The lowest BCUT2D eigenvalue weighted by Crippen LogP contribution is -2.15. The van der Waals surface area contributed by atoms with Gasteiger partial charge in [-0.05, 0) is 39.8 Å². The van der Waals surface area contributed by atoms with Crippen LogP contribution < -0.4 is 5.30 Å². The maximum Gasteiger partial charge on any atom is 0.300 e. The van der Waals surface area contributed by atoms with Crippen molar-refractivity contribution in [1.29, 1.82) is 0 Å². The van der Waals surface area contributed by atoms with E-state index in [2.05, 4.69) is 39.0 Å². The van der Waals surface area contributed by atoms with Crippen molar-refractivity contribution in [1.82, 2.24) is 0 Å². The molecule has 0 aliphatic rings. The first kappa shape index (κ1) is 21.8. The second-order valence-electron chi connectivity index (χ2n) is 6.64. The van der Waals surface area contributed by atoms with Gasteiger partial charge in [-0.15, -0.1) is 0 Å². The Balaban J connectivity index is 0.000000261. The highest BCUT2D eigenvalue weighted by Crippen LogP contribution is 2.48. The van der Waals surface area contributed by atoms with Crippen LogP contribution in [0.5, 0.6) is 0 Å². The molecule has 0 N–H and O–H groups in total. The quantitative estimate of drug-likeness (QED) is 0.493. The highest BCUT2D eigenvalue weighted by molar-refractivity contribution is 7.83. The molecule has 3 nitrogen and oxygen atoms in total. The first-order valence-corrected chi connectivity index (χ1v) is 10.9. The number of hydrogen-bond acceptors (Lipinski definition) is 3. The van der Waals surface area contributed by atoms with Crippen molar-refractivity contribution < 1.29 is 13.9 Å². The Bertz CT molecular complexity index is 900. The molecule has 0 radical (unpaired) electrons. The molecule has 0 aliphatic carbocycles. The average molecular weight is 394 g/mol. The zero-order valence-electron chi connectivity index (χ0n) is 16.9. The van der Waals surface area contributed by atoms with Gasteiger partial charge in [0.25, 0.3) is 5.52 Å². The molecule has 0 spiro atoms. The minimum Gasteiger partial charge on any atom is -0.320 e. The van der Waals surface area contributed by atoms with Crippen LogP contribution in [-0.4, -0.2) is 12.1 Å². The van der Waals surface area contributed by atoms with Gasteiger partial charge in [-0.2, -0.15) is 0 Å². The van der Waals surface area contributed by atoms with Gasteiger partial charge in [0.2, 0.25) is 0 Å². The van der Waals surface area contributed by atoms with E-state index < -0.39 is 12.9 Å². The summed E-state index contributed by atoms with van der Waals surface area (Å²) < 4.78 is 18.3. The summed E-state index contributed by atoms with van der Waals surface area (Å²) in [4.78, 5) is 12.5. The van der Waals surface area contributed by atoms with E-state index in [1.165, 1.54) is 16.7 Å². The molecule has 3 aromatic carbocycles. The molecule has 0 fully saturated rings. The van der Waals surface area contributed by atoms with E-state index in [9.17, 15) is 9.36 Å². The van der Waals surface area contributed by atoms with Gasteiger partial charge in [0.1, 0.15) is 0 Å². The normalized spacial score (nSPS) is 12.4. The summed E-state index contributed by atoms with van der Waals surface area (Å²) in [7, 11) is -3.52. The van der Waals surface area contributed by atoms with Crippen molar-refractivity contribution in [2.75, 3.05) is 6.61 Å². The molecule has 0 saturated carbocycles. The van der Waals surface area contributed by atoms with Gasteiger partial charge in [-0.3, -0.25) is 9.36 Å². The predicted octanol–water partition coefficient (Wildman–Crippen LogP) is 6.08. The molecule has 0 amide bonds. The molecule has 0 heterocycles. The largest absolute Gasteiger partial charge is 0.320 e. The Hall–Kier alpha value is -2.48. The monoisotopic (exact) mass is 394 g/mol. The van der Waals surface area contributed by atoms with Crippen LogP contribution in [0.2, 0.25) is 0 Å². The van der Waals surface area contributed by atoms with Crippen LogP contribution in [0.1, 0.15) is 34.0 Å². The van der Waals surface area contributed by atoms with Gasteiger partial charge in [-0.25, -0.2) is 0 Å². The first-order valence-electron chi connectivity index (χ1n) is 9.32. The van der Waals surface area contributed by atoms with Gasteiger partial charge >= 0.3 is 7.37 Å². The van der Waals surface area contributed by atoms with E-state index in [4.69, 9.17) is 4.52 Å². The predicted molar refractivity (Wildman–Crippen MR) is 117 cm³/mol. The third-order valence-electron chi connectivity index (χ3n) is 4.06. The molecule has 4 heteroatoms. The molecule has 3 rings (SSSR count). The SMILES string of the molecule is CCOP(=O)(C(=O)c1ccccc1)c1ccccc1.Cc1cc(C)cc(C)c1. The molecule has 0 aliphatic heterocycles. The maximum absolute atomic E-state index is 12.9. The summed E-state index contributed by atoms with van der Waals surface area (Å²) in [6, 6.07) is 23.8. The van der Waals surface area contributed by atoms with Crippen LogP contribution in [0, 0.1) is 20.8 Å². The van der Waals surface area contributed by atoms with Crippen LogP contribution in [-0.2, 0) is 9.09 Å². The van der Waals surface area contributed by atoms with E-state index in [1.54, 1.807) is 55.5 Å². The minimum absolute atomic E-state index is 0.227. The van der Waals surface area contributed by atoms with Crippen LogP contribution in [0.4, 0.5) is 0 Å². The van der Waals surface area contributed by atoms with Crippen LogP contribution >= 0.6 is 7.37 Å². The Kier molecular flexibility index (Phi) is 7.92.